The van der Waals surface area contributed by atoms with Crippen molar-refractivity contribution in [2.75, 3.05) is 14.2 Å². The van der Waals surface area contributed by atoms with Crippen LogP contribution in [-0.4, -0.2) is 24.4 Å². The van der Waals surface area contributed by atoms with Gasteiger partial charge in [0.15, 0.2) is 0 Å². The Hall–Kier alpha value is -5.00. The molecular formula is C60H73O6Zr-. The molecule has 0 atom stereocenters. The molecule has 6 aromatic rings. The summed E-state index contributed by atoms with van der Waals surface area (Å²) < 4.78 is 25.1. The maximum absolute atomic E-state index is 11.9. The first kappa shape index (κ1) is 53.0. The first-order chi connectivity index (χ1) is 30.8. The quantitative estimate of drug-likeness (QED) is 0.119. The van der Waals surface area contributed by atoms with Crippen molar-refractivity contribution >= 4 is 0 Å². The van der Waals surface area contributed by atoms with Crippen LogP contribution in [0.25, 0.3) is 44.5 Å². The van der Waals surface area contributed by atoms with Gasteiger partial charge in [-0.1, -0.05) is 145 Å². The van der Waals surface area contributed by atoms with E-state index >= 15 is 0 Å². The van der Waals surface area contributed by atoms with E-state index in [0.717, 1.165) is 95.8 Å². The summed E-state index contributed by atoms with van der Waals surface area (Å²) in [7, 11) is 3.48. The number of aryl methyl sites for hydroxylation is 2. The topological polar surface area (TPSA) is 77.4 Å². The second kappa shape index (κ2) is 20.3. The number of phenolic OH excluding ortho intramolecular Hbond substituents is 2. The van der Waals surface area contributed by atoms with Crippen LogP contribution >= 0.6 is 0 Å². The molecule has 2 N–H and O–H groups in total. The Morgan fingerprint density at radius 1 is 0.448 bits per heavy atom. The molecule has 67 heavy (non-hydrogen) atoms. The molecule has 0 saturated heterocycles. The van der Waals surface area contributed by atoms with E-state index < -0.39 is 0 Å². The number of hydrogen-bond donors (Lipinski definition) is 2. The smallest absolute Gasteiger partial charge is 0.131 e. The second-order valence-electron chi connectivity index (χ2n) is 21.9. The molecule has 0 bridgehead atoms. The average Bonchev–Trinajstić information content (AvgIpc) is 3.23. The third-order valence-electron chi connectivity index (χ3n) is 12.4. The number of methoxy groups -OCH3 is 2. The van der Waals surface area contributed by atoms with Crippen molar-refractivity contribution in [2.24, 2.45) is 0 Å². The number of rotatable bonds is 12. The molecule has 0 aliphatic rings. The van der Waals surface area contributed by atoms with E-state index in [1.165, 1.54) is 0 Å². The van der Waals surface area contributed by atoms with Crippen molar-refractivity contribution < 1.29 is 55.4 Å². The van der Waals surface area contributed by atoms with Crippen molar-refractivity contribution in [2.45, 2.75) is 138 Å². The van der Waals surface area contributed by atoms with Gasteiger partial charge in [0, 0.05) is 77.0 Å². The van der Waals surface area contributed by atoms with Crippen molar-refractivity contribution in [1.82, 2.24) is 0 Å². The molecule has 0 unspecified atom stereocenters. The standard InChI is InChI=1S/C60H73O6.Zr/c1-18-21-52(65-50-28-26-38(30-36(50)2)42-22-19-24-44(53(42)61)40-32-46(57(4,5)6)55(63-16)47(33-40)58(7,8)9)66-51-29-27-39(31-37(51)3)43-23-20-25-45(54(43)62)41-34-48(59(10,11)12)56(64-17)49(35-41)60(13,14)15;/h19-20,22-35,61-62H,18,21H2,1-17H3;/q-1;. The van der Waals surface area contributed by atoms with Crippen molar-refractivity contribution in [3.63, 3.8) is 0 Å². The Balaban J connectivity index is 0.00000840. The van der Waals surface area contributed by atoms with E-state index in [9.17, 15) is 10.2 Å². The summed E-state index contributed by atoms with van der Waals surface area (Å²) in [5, 5.41) is 23.9. The van der Waals surface area contributed by atoms with Crippen LogP contribution in [0.5, 0.6) is 34.5 Å². The van der Waals surface area contributed by atoms with Gasteiger partial charge in [-0.25, -0.2) is 0 Å². The van der Waals surface area contributed by atoms with Crippen molar-refractivity contribution in [3.8, 4) is 79.0 Å². The molecule has 0 spiro atoms. The van der Waals surface area contributed by atoms with Gasteiger partial charge in [-0.15, -0.1) is 6.42 Å². The minimum atomic E-state index is -0.176. The monoisotopic (exact) mass is 979 g/mol. The molecule has 6 aromatic carbocycles. The van der Waals surface area contributed by atoms with Gasteiger partial charge in [-0.3, -0.25) is 0 Å². The zero-order valence-electron chi connectivity index (χ0n) is 43.2. The van der Waals surface area contributed by atoms with Crippen molar-refractivity contribution in [1.29, 1.82) is 0 Å². The molecular weight excluding hydrogens is 908 g/mol. The Bertz CT molecular complexity index is 2460. The molecule has 0 amide bonds. The molecule has 354 valence electrons. The summed E-state index contributed by atoms with van der Waals surface area (Å²) in [5.41, 5.74) is 12.2. The molecule has 0 aromatic heterocycles. The molecule has 0 radical (unpaired) electrons. The average molecular weight is 981 g/mol. The van der Waals surface area contributed by atoms with Crippen LogP contribution in [0.3, 0.4) is 0 Å². The molecule has 0 aliphatic heterocycles. The Morgan fingerprint density at radius 3 is 1.00 bits per heavy atom. The number of aromatic hydroxyl groups is 2. The first-order valence-corrected chi connectivity index (χ1v) is 23.3. The SMILES string of the molecule is CCC[C-](Oc1ccc(-c2cccc(-c3cc(C(C)(C)C)c(OC)c(C(C)(C)C)c3)c2O)cc1C)Oc1ccc(-c2cccc(-c3cc(C(C)(C)C)c(OC)c(C(C)(C)C)c3)c2O)cc1C.[Zr]. The van der Waals surface area contributed by atoms with Gasteiger partial charge in [-0.05, 0) is 117 Å². The van der Waals surface area contributed by atoms with Gasteiger partial charge >= 0.3 is 0 Å². The molecule has 0 saturated carbocycles. The predicted molar refractivity (Wildman–Crippen MR) is 275 cm³/mol. The summed E-state index contributed by atoms with van der Waals surface area (Å²) in [6, 6.07) is 32.5. The fourth-order valence-electron chi connectivity index (χ4n) is 8.69. The van der Waals surface area contributed by atoms with E-state index in [4.69, 9.17) is 18.9 Å². The van der Waals surface area contributed by atoms with Gasteiger partial charge in [-0.2, -0.15) is 0 Å². The van der Waals surface area contributed by atoms with Crippen LogP contribution in [0.2, 0.25) is 0 Å². The molecule has 0 fully saturated rings. The molecule has 6 nitrogen and oxygen atoms in total. The summed E-state index contributed by atoms with van der Waals surface area (Å²) >= 11 is 0. The van der Waals surface area contributed by atoms with Crippen LogP contribution in [-0.2, 0) is 47.9 Å². The van der Waals surface area contributed by atoms with E-state index in [2.05, 4.69) is 114 Å². The number of hydrogen-bond acceptors (Lipinski definition) is 6. The van der Waals surface area contributed by atoms with Crippen molar-refractivity contribution in [3.05, 3.63) is 137 Å². The van der Waals surface area contributed by atoms with Crippen LogP contribution in [0.15, 0.2) is 97.1 Å². The maximum atomic E-state index is 11.9. The molecule has 7 heteroatoms. The van der Waals surface area contributed by atoms with Gasteiger partial charge in [0.05, 0.1) is 25.7 Å². The van der Waals surface area contributed by atoms with E-state index in [1.807, 2.05) is 86.6 Å². The fraction of sp³-hybridized carbons (Fsp3) is 0.383. The number of benzene rings is 6. The Labute approximate surface area is 421 Å². The summed E-state index contributed by atoms with van der Waals surface area (Å²) in [6.07, 6.45) is 1.91. The number of para-hydroxylation sites is 2. The zero-order valence-corrected chi connectivity index (χ0v) is 45.6. The normalized spacial score (nSPS) is 12.2. The minimum absolute atomic E-state index is 0. The van der Waals surface area contributed by atoms with E-state index in [-0.39, 0.29) is 59.4 Å². The van der Waals surface area contributed by atoms with Crippen LogP contribution in [0, 0.1) is 20.1 Å². The Kier molecular flexibility index (Phi) is 16.1. The molecule has 6 rings (SSSR count). The zero-order chi connectivity index (χ0) is 48.7. The number of phenols is 2. The third kappa shape index (κ3) is 11.5. The van der Waals surface area contributed by atoms with Crippen LogP contribution < -0.4 is 18.9 Å². The summed E-state index contributed by atoms with van der Waals surface area (Å²) in [4.78, 5) is 0. The van der Waals surface area contributed by atoms with E-state index in [1.54, 1.807) is 14.2 Å². The third-order valence-corrected chi connectivity index (χ3v) is 12.4. The van der Waals surface area contributed by atoms with Gasteiger partial charge in [0.1, 0.15) is 23.0 Å². The van der Waals surface area contributed by atoms with Gasteiger partial charge in [0.2, 0.25) is 0 Å². The van der Waals surface area contributed by atoms with Crippen LogP contribution in [0.4, 0.5) is 0 Å². The maximum Gasteiger partial charge on any atom is 0.131 e. The van der Waals surface area contributed by atoms with Gasteiger partial charge < -0.3 is 29.2 Å². The molecule has 0 heterocycles. The summed E-state index contributed by atoms with van der Waals surface area (Å²) in [6.45, 7) is 32.4. The van der Waals surface area contributed by atoms with Crippen LogP contribution in [0.1, 0.15) is 136 Å². The first-order valence-electron chi connectivity index (χ1n) is 23.3. The summed E-state index contributed by atoms with van der Waals surface area (Å²) in [5.74, 6) is 3.59. The largest absolute Gasteiger partial charge is 0.619 e. The fourth-order valence-corrected chi connectivity index (χ4v) is 8.69. The van der Waals surface area contributed by atoms with E-state index in [0.29, 0.717) is 24.2 Å². The predicted octanol–water partition coefficient (Wildman–Crippen LogP) is 16.3. The molecule has 0 aliphatic carbocycles. The Morgan fingerprint density at radius 2 is 0.746 bits per heavy atom. The second-order valence-corrected chi connectivity index (χ2v) is 21.9. The van der Waals surface area contributed by atoms with Gasteiger partial charge in [0.25, 0.3) is 0 Å². The number of ether oxygens (including phenoxy) is 4. The minimum Gasteiger partial charge on any atom is -0.619 e.